The van der Waals surface area contributed by atoms with Gasteiger partial charge in [0.25, 0.3) is 5.91 Å². The van der Waals surface area contributed by atoms with E-state index in [0.29, 0.717) is 40.3 Å². The normalized spacial score (nSPS) is 14.4. The molecule has 28 heavy (non-hydrogen) atoms. The Hall–Kier alpha value is -2.63. The van der Waals surface area contributed by atoms with Gasteiger partial charge < -0.3 is 15.5 Å². The summed E-state index contributed by atoms with van der Waals surface area (Å²) in [6.07, 6.45) is 2.17. The molecule has 1 amide bonds. The summed E-state index contributed by atoms with van der Waals surface area (Å²) in [5.41, 5.74) is 7.70. The molecule has 6 heteroatoms. The van der Waals surface area contributed by atoms with Gasteiger partial charge in [-0.15, -0.1) is 12.4 Å². The van der Waals surface area contributed by atoms with E-state index < -0.39 is 0 Å². The monoisotopic (exact) mass is 398 g/mol. The molecule has 0 aliphatic heterocycles. The first-order valence-electron chi connectivity index (χ1n) is 9.23. The fourth-order valence-electron chi connectivity index (χ4n) is 3.47. The van der Waals surface area contributed by atoms with Crippen molar-refractivity contribution >= 4 is 29.3 Å². The van der Waals surface area contributed by atoms with Crippen molar-refractivity contribution in [2.24, 2.45) is 11.7 Å². The second-order valence-electron chi connectivity index (χ2n) is 7.09. The number of carbonyl (C=O) groups is 1. The molecule has 0 bridgehead atoms. The molecule has 1 heterocycles. The van der Waals surface area contributed by atoms with Crippen molar-refractivity contribution in [3.8, 4) is 11.3 Å². The Morgan fingerprint density at radius 2 is 1.89 bits per heavy atom. The molecule has 1 unspecified atom stereocenters. The molecule has 5 nitrogen and oxygen atoms in total. The number of hydrogen-bond donors (Lipinski definition) is 2. The Morgan fingerprint density at radius 3 is 2.54 bits per heavy atom. The van der Waals surface area contributed by atoms with Crippen molar-refractivity contribution in [3.05, 3.63) is 69.9 Å². The molecule has 0 radical (unpaired) electrons. The zero-order chi connectivity index (χ0) is 19.0. The van der Waals surface area contributed by atoms with Crippen molar-refractivity contribution in [2.75, 3.05) is 6.54 Å². The van der Waals surface area contributed by atoms with E-state index >= 15 is 0 Å². The summed E-state index contributed by atoms with van der Waals surface area (Å²) in [5.74, 6) is 0.683. The fraction of sp³-hybridized carbons (Fsp3) is 0.273. The lowest BCUT2D eigenvalue weighted by Crippen LogP contribution is -2.41. The number of para-hydroxylation sites is 1. The van der Waals surface area contributed by atoms with E-state index in [1.165, 1.54) is 0 Å². The van der Waals surface area contributed by atoms with Gasteiger partial charge in [0, 0.05) is 23.7 Å². The van der Waals surface area contributed by atoms with E-state index in [1.807, 2.05) is 30.3 Å². The van der Waals surface area contributed by atoms with Gasteiger partial charge in [-0.1, -0.05) is 36.4 Å². The van der Waals surface area contributed by atoms with Crippen LogP contribution in [0.25, 0.3) is 22.3 Å². The molecular weight excluding hydrogens is 376 g/mol. The number of nitrogens with one attached hydrogen (secondary N) is 1. The maximum atomic E-state index is 12.9. The van der Waals surface area contributed by atoms with Crippen molar-refractivity contribution in [2.45, 2.75) is 25.8 Å². The Bertz CT molecular complexity index is 1060. The number of hydrogen-bond acceptors (Lipinski definition) is 4. The number of benzene rings is 2. The van der Waals surface area contributed by atoms with Crippen molar-refractivity contribution in [1.82, 2.24) is 5.32 Å². The lowest BCUT2D eigenvalue weighted by molar-refractivity contribution is 0.0934. The minimum Gasteiger partial charge on any atom is -0.455 e. The zero-order valence-electron chi connectivity index (χ0n) is 15.6. The molecule has 0 saturated heterocycles. The van der Waals surface area contributed by atoms with Gasteiger partial charge in [-0.2, -0.15) is 0 Å². The van der Waals surface area contributed by atoms with Crippen LogP contribution in [0.1, 0.15) is 28.8 Å². The van der Waals surface area contributed by atoms with Gasteiger partial charge in [-0.3, -0.25) is 9.59 Å². The maximum absolute atomic E-state index is 12.9. The molecule has 1 atom stereocenters. The molecule has 1 saturated carbocycles. The number of rotatable bonds is 5. The Morgan fingerprint density at radius 1 is 1.18 bits per heavy atom. The van der Waals surface area contributed by atoms with Gasteiger partial charge in [0.05, 0.1) is 10.9 Å². The molecule has 3 aromatic rings. The minimum absolute atomic E-state index is 0. The Labute approximate surface area is 169 Å². The standard InChI is InChI=1S/C22H22N2O3.ClH/c1-13-19(25)16-8-5-9-17(22(26)24-18(12-23)14-10-11-14)21(16)27-20(13)15-6-3-2-4-7-15;/h2-9,14,18H,10-12,23H2,1H3,(H,24,26);1H. The predicted octanol–water partition coefficient (Wildman–Crippen LogP) is 3.66. The average Bonchev–Trinajstić information content (AvgIpc) is 3.54. The molecule has 2 aromatic carbocycles. The number of carbonyl (C=O) groups excluding carboxylic acids is 1. The SMILES string of the molecule is Cc1c(-c2ccccc2)oc2c(C(=O)NC(CN)C3CC3)cccc2c1=O.Cl. The molecule has 3 N–H and O–H groups in total. The van der Waals surface area contributed by atoms with Crippen LogP contribution in [-0.2, 0) is 0 Å². The van der Waals surface area contributed by atoms with Crippen molar-refractivity contribution < 1.29 is 9.21 Å². The Balaban J connectivity index is 0.00000225. The van der Waals surface area contributed by atoms with Gasteiger partial charge in [-0.25, -0.2) is 0 Å². The van der Waals surface area contributed by atoms with Crippen molar-refractivity contribution in [3.63, 3.8) is 0 Å². The van der Waals surface area contributed by atoms with E-state index in [-0.39, 0.29) is 29.8 Å². The second kappa shape index (κ2) is 8.17. The van der Waals surface area contributed by atoms with E-state index in [2.05, 4.69) is 5.32 Å². The number of amides is 1. The summed E-state index contributed by atoms with van der Waals surface area (Å²) < 4.78 is 6.11. The molecule has 1 fully saturated rings. The average molecular weight is 399 g/mol. The largest absolute Gasteiger partial charge is 0.455 e. The van der Waals surface area contributed by atoms with E-state index in [9.17, 15) is 9.59 Å². The van der Waals surface area contributed by atoms with Crippen LogP contribution >= 0.6 is 12.4 Å². The van der Waals surface area contributed by atoms with E-state index in [1.54, 1.807) is 25.1 Å². The fourth-order valence-corrected chi connectivity index (χ4v) is 3.47. The zero-order valence-corrected chi connectivity index (χ0v) is 16.4. The number of fused-ring (bicyclic) bond motifs is 1. The van der Waals surface area contributed by atoms with Crippen LogP contribution in [-0.4, -0.2) is 18.5 Å². The summed E-state index contributed by atoms with van der Waals surface area (Å²) in [6.45, 7) is 2.15. The summed E-state index contributed by atoms with van der Waals surface area (Å²) in [4.78, 5) is 25.8. The van der Waals surface area contributed by atoms with Crippen LogP contribution in [0.15, 0.2) is 57.7 Å². The van der Waals surface area contributed by atoms with Crippen molar-refractivity contribution in [1.29, 1.82) is 0 Å². The molecule has 1 aromatic heterocycles. The van der Waals surface area contributed by atoms with Gasteiger partial charge in [0.15, 0.2) is 11.0 Å². The molecule has 1 aliphatic rings. The summed E-state index contributed by atoms with van der Waals surface area (Å²) in [6, 6.07) is 14.5. The minimum atomic E-state index is -0.256. The van der Waals surface area contributed by atoms with Gasteiger partial charge in [-0.05, 0) is 37.8 Å². The van der Waals surface area contributed by atoms with Gasteiger partial charge >= 0.3 is 0 Å². The van der Waals surface area contributed by atoms with Crippen LogP contribution in [0.3, 0.4) is 0 Å². The molecule has 0 spiro atoms. The molecule has 1 aliphatic carbocycles. The number of nitrogens with two attached hydrogens (primary N) is 1. The predicted molar refractivity (Wildman–Crippen MR) is 113 cm³/mol. The summed E-state index contributed by atoms with van der Waals surface area (Å²) in [7, 11) is 0. The number of halogens is 1. The maximum Gasteiger partial charge on any atom is 0.255 e. The lowest BCUT2D eigenvalue weighted by Gasteiger charge is -2.17. The molecule has 146 valence electrons. The third-order valence-corrected chi connectivity index (χ3v) is 5.19. The van der Waals surface area contributed by atoms with E-state index in [4.69, 9.17) is 10.2 Å². The Kier molecular flexibility index (Phi) is 5.87. The highest BCUT2D eigenvalue weighted by Crippen LogP contribution is 2.32. The summed E-state index contributed by atoms with van der Waals surface area (Å²) in [5, 5.41) is 3.42. The topological polar surface area (TPSA) is 85.3 Å². The van der Waals surface area contributed by atoms with E-state index in [0.717, 1.165) is 18.4 Å². The first-order valence-corrected chi connectivity index (χ1v) is 9.23. The quantitative estimate of drug-likeness (QED) is 0.686. The van der Waals surface area contributed by atoms with Crippen LogP contribution in [0.2, 0.25) is 0 Å². The van der Waals surface area contributed by atoms with Crippen LogP contribution < -0.4 is 16.5 Å². The first kappa shape index (κ1) is 20.1. The third kappa shape index (κ3) is 3.68. The third-order valence-electron chi connectivity index (χ3n) is 5.19. The smallest absolute Gasteiger partial charge is 0.255 e. The highest BCUT2D eigenvalue weighted by atomic mass is 35.5. The highest BCUT2D eigenvalue weighted by Gasteiger charge is 2.32. The molecular formula is C22H23ClN2O3. The van der Waals surface area contributed by atoms with Crippen LogP contribution in [0.5, 0.6) is 0 Å². The van der Waals surface area contributed by atoms with Crippen LogP contribution in [0.4, 0.5) is 0 Å². The summed E-state index contributed by atoms with van der Waals surface area (Å²) >= 11 is 0. The van der Waals surface area contributed by atoms with Gasteiger partial charge in [0.2, 0.25) is 0 Å². The highest BCUT2D eigenvalue weighted by molar-refractivity contribution is 6.05. The molecule has 4 rings (SSSR count). The first-order chi connectivity index (χ1) is 13.1. The second-order valence-corrected chi connectivity index (χ2v) is 7.09. The lowest BCUT2D eigenvalue weighted by atomic mass is 10.0. The van der Waals surface area contributed by atoms with Crippen LogP contribution in [0, 0.1) is 12.8 Å². The van der Waals surface area contributed by atoms with Gasteiger partial charge in [0.1, 0.15) is 5.76 Å².